The maximum Gasteiger partial charge on any atom is 0.487 e. The Kier molecular flexibility index (Phi) is 6.23. The zero-order valence-electron chi connectivity index (χ0n) is 17.3. The molecular weight excluding hydrogens is 438 g/mol. The van der Waals surface area contributed by atoms with Crippen molar-refractivity contribution in [1.29, 1.82) is 0 Å². The van der Waals surface area contributed by atoms with Gasteiger partial charge < -0.3 is 15.0 Å². The zero-order valence-corrected chi connectivity index (χ0v) is 18.1. The van der Waals surface area contributed by atoms with Crippen LogP contribution in [0.1, 0.15) is 28.8 Å². The van der Waals surface area contributed by atoms with E-state index in [2.05, 4.69) is 24.9 Å². The number of ether oxygens (including phenoxy) is 1. The summed E-state index contributed by atoms with van der Waals surface area (Å²) in [6.07, 6.45) is 7.25. The molecule has 0 bridgehead atoms. The van der Waals surface area contributed by atoms with Crippen LogP contribution in [-0.2, 0) is 0 Å². The van der Waals surface area contributed by atoms with Crippen molar-refractivity contribution in [1.82, 2.24) is 9.97 Å². The third kappa shape index (κ3) is 5.13. The molecule has 0 aliphatic carbocycles. The molecule has 1 aromatic carbocycles. The van der Waals surface area contributed by atoms with Gasteiger partial charge in [-0.25, -0.2) is 4.98 Å². The molecule has 1 fully saturated rings. The van der Waals surface area contributed by atoms with Crippen LogP contribution in [0.3, 0.4) is 0 Å². The Balaban J connectivity index is 1.60. The molecule has 1 aliphatic heterocycles. The van der Waals surface area contributed by atoms with Crippen molar-refractivity contribution in [2.45, 2.75) is 25.3 Å². The molecule has 9 heteroatoms. The van der Waals surface area contributed by atoms with Gasteiger partial charge in [0.1, 0.15) is 11.6 Å². The SMILES string of the molecule is Cc1ccncc1-c1cc(C(=O)Nc2ccc(OC(F)(F)Cl)cc2)cnc1N1CCCC1. The summed E-state index contributed by atoms with van der Waals surface area (Å²) in [6.45, 7) is 3.83. The van der Waals surface area contributed by atoms with E-state index in [1.54, 1.807) is 18.6 Å². The summed E-state index contributed by atoms with van der Waals surface area (Å²) in [5.41, 5.74) is -0.208. The molecule has 0 saturated carbocycles. The molecule has 0 atom stereocenters. The third-order valence-electron chi connectivity index (χ3n) is 5.21. The van der Waals surface area contributed by atoms with E-state index in [4.69, 9.17) is 11.6 Å². The van der Waals surface area contributed by atoms with E-state index in [1.807, 2.05) is 19.1 Å². The second kappa shape index (κ2) is 9.08. The predicted octanol–water partition coefficient (Wildman–Crippen LogP) is 5.47. The first-order chi connectivity index (χ1) is 15.3. The molecule has 6 nitrogen and oxygen atoms in total. The van der Waals surface area contributed by atoms with Gasteiger partial charge in [-0.2, -0.15) is 0 Å². The van der Waals surface area contributed by atoms with Gasteiger partial charge in [-0.15, -0.1) is 8.78 Å². The lowest BCUT2D eigenvalue weighted by molar-refractivity contribution is -0.0964. The highest BCUT2D eigenvalue weighted by atomic mass is 35.5. The minimum Gasteiger partial charge on any atom is -0.420 e. The average molecular weight is 459 g/mol. The highest BCUT2D eigenvalue weighted by molar-refractivity contribution is 6.20. The van der Waals surface area contributed by atoms with Crippen molar-refractivity contribution < 1.29 is 18.3 Å². The molecule has 2 aromatic heterocycles. The smallest absolute Gasteiger partial charge is 0.420 e. The van der Waals surface area contributed by atoms with E-state index in [9.17, 15) is 13.6 Å². The highest BCUT2D eigenvalue weighted by Crippen LogP contribution is 2.33. The molecule has 1 saturated heterocycles. The number of pyridine rings is 2. The van der Waals surface area contributed by atoms with Crippen LogP contribution in [0.5, 0.6) is 5.75 Å². The van der Waals surface area contributed by atoms with E-state index >= 15 is 0 Å². The van der Waals surface area contributed by atoms with Crippen LogP contribution < -0.4 is 15.0 Å². The number of nitrogens with zero attached hydrogens (tertiary/aromatic N) is 3. The number of halogens is 3. The minimum atomic E-state index is -3.80. The van der Waals surface area contributed by atoms with Gasteiger partial charge >= 0.3 is 5.57 Å². The zero-order chi connectivity index (χ0) is 22.7. The first kappa shape index (κ1) is 22.0. The van der Waals surface area contributed by atoms with Gasteiger partial charge in [0.25, 0.3) is 5.91 Å². The molecule has 166 valence electrons. The first-order valence-electron chi connectivity index (χ1n) is 10.1. The maximum absolute atomic E-state index is 12.9. The van der Waals surface area contributed by atoms with Gasteiger partial charge in [-0.1, -0.05) is 0 Å². The van der Waals surface area contributed by atoms with E-state index in [0.29, 0.717) is 11.3 Å². The van der Waals surface area contributed by atoms with Crippen molar-refractivity contribution in [2.24, 2.45) is 0 Å². The third-order valence-corrected chi connectivity index (χ3v) is 5.29. The van der Waals surface area contributed by atoms with Gasteiger partial charge in [0, 0.05) is 60.1 Å². The molecule has 4 rings (SSSR count). The van der Waals surface area contributed by atoms with Crippen LogP contribution in [0.4, 0.5) is 20.3 Å². The number of carbonyl (C=O) groups excluding carboxylic acids is 1. The van der Waals surface area contributed by atoms with Crippen LogP contribution in [0.15, 0.2) is 55.0 Å². The fourth-order valence-corrected chi connectivity index (χ4v) is 3.74. The van der Waals surface area contributed by atoms with Crippen LogP contribution in [0.2, 0.25) is 0 Å². The van der Waals surface area contributed by atoms with Crippen LogP contribution >= 0.6 is 11.6 Å². The Hall–Kier alpha value is -3.26. The lowest BCUT2D eigenvalue weighted by Gasteiger charge is -2.21. The van der Waals surface area contributed by atoms with Crippen LogP contribution in [0.25, 0.3) is 11.1 Å². The number of nitrogens with one attached hydrogen (secondary N) is 1. The normalized spacial score (nSPS) is 13.8. The summed E-state index contributed by atoms with van der Waals surface area (Å²) in [6, 6.07) is 9.23. The summed E-state index contributed by atoms with van der Waals surface area (Å²) >= 11 is 4.77. The van der Waals surface area contributed by atoms with Gasteiger partial charge in [-0.05, 0) is 61.7 Å². The molecule has 1 amide bonds. The van der Waals surface area contributed by atoms with Crippen LogP contribution in [0, 0.1) is 6.92 Å². The molecule has 3 heterocycles. The largest absolute Gasteiger partial charge is 0.487 e. The highest BCUT2D eigenvalue weighted by Gasteiger charge is 2.27. The summed E-state index contributed by atoms with van der Waals surface area (Å²) in [5, 5.41) is 2.75. The van der Waals surface area contributed by atoms with Gasteiger partial charge in [0.05, 0.1) is 5.56 Å². The lowest BCUT2D eigenvalue weighted by Crippen LogP contribution is -2.21. The number of hydrogen-bond donors (Lipinski definition) is 1. The second-order valence-electron chi connectivity index (χ2n) is 7.51. The second-order valence-corrected chi connectivity index (χ2v) is 7.95. The summed E-state index contributed by atoms with van der Waals surface area (Å²) in [7, 11) is 0. The number of amides is 1. The van der Waals surface area contributed by atoms with Crippen molar-refractivity contribution >= 4 is 29.0 Å². The monoisotopic (exact) mass is 458 g/mol. The van der Waals surface area contributed by atoms with E-state index in [-0.39, 0.29) is 11.7 Å². The Morgan fingerprint density at radius 1 is 1.12 bits per heavy atom. The Labute approximate surface area is 189 Å². The van der Waals surface area contributed by atoms with E-state index in [0.717, 1.165) is 48.4 Å². The standard InChI is InChI=1S/C23H21ClF2N4O2/c1-15-8-9-27-14-20(15)19-12-16(13-28-21(19)30-10-2-3-11-30)22(31)29-17-4-6-18(7-5-17)32-23(24,25)26/h4-9,12-14H,2-3,10-11H2,1H3,(H,29,31). The lowest BCUT2D eigenvalue weighted by atomic mass is 10.0. The topological polar surface area (TPSA) is 67.3 Å². The van der Waals surface area contributed by atoms with Gasteiger partial charge in [-0.3, -0.25) is 9.78 Å². The van der Waals surface area contributed by atoms with E-state index < -0.39 is 5.57 Å². The summed E-state index contributed by atoms with van der Waals surface area (Å²) < 4.78 is 29.8. The van der Waals surface area contributed by atoms with Crippen molar-refractivity contribution in [3.63, 3.8) is 0 Å². The number of rotatable bonds is 6. The fraction of sp³-hybridized carbons (Fsp3) is 0.261. The fourth-order valence-electron chi connectivity index (χ4n) is 3.65. The molecule has 32 heavy (non-hydrogen) atoms. The van der Waals surface area contributed by atoms with Crippen molar-refractivity contribution in [3.05, 3.63) is 66.1 Å². The summed E-state index contributed by atoms with van der Waals surface area (Å²) in [4.78, 5) is 24.0. The summed E-state index contributed by atoms with van der Waals surface area (Å²) in [5.74, 6) is 0.345. The van der Waals surface area contributed by atoms with Crippen LogP contribution in [-0.4, -0.2) is 34.5 Å². The Morgan fingerprint density at radius 3 is 2.50 bits per heavy atom. The van der Waals surface area contributed by atoms with Crippen molar-refractivity contribution in [3.8, 4) is 16.9 Å². The van der Waals surface area contributed by atoms with Crippen molar-refractivity contribution in [2.75, 3.05) is 23.3 Å². The number of alkyl halides is 3. The molecule has 3 aromatic rings. The molecule has 0 unspecified atom stereocenters. The number of benzene rings is 1. The predicted molar refractivity (Wildman–Crippen MR) is 119 cm³/mol. The van der Waals surface area contributed by atoms with Gasteiger partial charge in [0.15, 0.2) is 0 Å². The average Bonchev–Trinajstić information content (AvgIpc) is 3.29. The number of aryl methyl sites for hydroxylation is 1. The molecular formula is C23H21ClF2N4O2. The maximum atomic E-state index is 12.9. The van der Waals surface area contributed by atoms with Gasteiger partial charge in [0.2, 0.25) is 0 Å². The van der Waals surface area contributed by atoms with E-state index in [1.165, 1.54) is 24.3 Å². The molecule has 0 radical (unpaired) electrons. The number of anilines is 2. The minimum absolute atomic E-state index is 0.117. The Morgan fingerprint density at radius 2 is 1.84 bits per heavy atom. The number of hydrogen-bond acceptors (Lipinski definition) is 5. The number of aromatic nitrogens is 2. The first-order valence-corrected chi connectivity index (χ1v) is 10.5. The Bertz CT molecular complexity index is 1110. The molecule has 0 spiro atoms. The quantitative estimate of drug-likeness (QED) is 0.496. The molecule has 1 N–H and O–H groups in total. The number of carbonyl (C=O) groups is 1. The molecule has 1 aliphatic rings.